The first-order valence-electron chi connectivity index (χ1n) is 4.64. The van der Waals surface area contributed by atoms with Crippen molar-refractivity contribution in [1.82, 2.24) is 0 Å². The van der Waals surface area contributed by atoms with Gasteiger partial charge in [-0.25, -0.2) is 0 Å². The number of alkyl halides is 6. The van der Waals surface area contributed by atoms with Gasteiger partial charge in [-0.2, -0.15) is 26.3 Å². The zero-order valence-electron chi connectivity index (χ0n) is 9.33. The Morgan fingerprint density at radius 1 is 0.812 bits per heavy atom. The van der Waals surface area contributed by atoms with E-state index in [2.05, 4.69) is 4.74 Å². The maximum atomic E-state index is 12.4. The van der Waals surface area contributed by atoms with Crippen LogP contribution >= 0.6 is 0 Å². The van der Waals surface area contributed by atoms with Crippen LogP contribution in [-0.2, 0) is 4.74 Å². The second kappa shape index (κ2) is 4.43. The van der Waals surface area contributed by atoms with Crippen LogP contribution in [0.3, 0.4) is 0 Å². The van der Waals surface area contributed by atoms with E-state index in [1.807, 2.05) is 0 Å². The topological polar surface area (TPSA) is 9.23 Å². The van der Waals surface area contributed by atoms with Crippen molar-refractivity contribution >= 4 is 0 Å². The van der Waals surface area contributed by atoms with Crippen LogP contribution < -0.4 is 0 Å². The van der Waals surface area contributed by atoms with Crippen LogP contribution in [0.1, 0.15) is 27.7 Å². The van der Waals surface area contributed by atoms with Gasteiger partial charge in [0.05, 0.1) is 6.10 Å². The minimum absolute atomic E-state index is 0.00583. The Kier molecular flexibility index (Phi) is 4.30. The SMILES string of the molecule is CC(C)C(C)OC(C)(C(F)(F)F)C(F)(F)F. The van der Waals surface area contributed by atoms with Gasteiger partial charge in [-0.1, -0.05) is 13.8 Å². The number of hydrogen-bond acceptors (Lipinski definition) is 1. The fourth-order valence-corrected chi connectivity index (χ4v) is 0.802. The predicted octanol–water partition coefficient (Wildman–Crippen LogP) is 3.93. The maximum absolute atomic E-state index is 12.4. The largest absolute Gasteiger partial charge is 0.426 e. The predicted molar refractivity (Wildman–Crippen MR) is 45.9 cm³/mol. The summed E-state index contributed by atoms with van der Waals surface area (Å²) >= 11 is 0. The fraction of sp³-hybridized carbons (Fsp3) is 1.00. The van der Waals surface area contributed by atoms with E-state index in [-0.39, 0.29) is 6.92 Å². The molecule has 0 heterocycles. The Morgan fingerprint density at radius 2 is 1.12 bits per heavy atom. The van der Waals surface area contributed by atoms with E-state index in [0.717, 1.165) is 0 Å². The molecule has 0 aromatic rings. The van der Waals surface area contributed by atoms with Crippen molar-refractivity contribution in [2.45, 2.75) is 51.8 Å². The Labute approximate surface area is 89.8 Å². The first-order valence-corrected chi connectivity index (χ1v) is 4.64. The molecule has 0 spiro atoms. The van der Waals surface area contributed by atoms with Gasteiger partial charge in [0.25, 0.3) is 5.60 Å². The molecule has 0 aliphatic carbocycles. The highest BCUT2D eigenvalue weighted by Gasteiger charge is 2.69. The third kappa shape index (κ3) is 3.02. The molecule has 1 nitrogen and oxygen atoms in total. The molecular weight excluding hydrogens is 238 g/mol. The van der Waals surface area contributed by atoms with E-state index in [4.69, 9.17) is 0 Å². The second-order valence-electron chi connectivity index (χ2n) is 4.10. The van der Waals surface area contributed by atoms with Crippen molar-refractivity contribution in [3.8, 4) is 0 Å². The number of rotatable bonds is 3. The summed E-state index contributed by atoms with van der Waals surface area (Å²) in [5.41, 5.74) is -4.12. The molecule has 0 aliphatic rings. The summed E-state index contributed by atoms with van der Waals surface area (Å²) in [4.78, 5) is 0. The molecule has 0 aliphatic heterocycles. The minimum Gasteiger partial charge on any atom is -0.355 e. The molecule has 0 aromatic heterocycles. The molecule has 1 atom stereocenters. The molecule has 0 saturated carbocycles. The van der Waals surface area contributed by atoms with Gasteiger partial charge in [0, 0.05) is 0 Å². The zero-order chi connectivity index (χ0) is 13.4. The lowest BCUT2D eigenvalue weighted by molar-refractivity contribution is -0.384. The Bertz CT molecular complexity index is 215. The van der Waals surface area contributed by atoms with Crippen LogP contribution in [0, 0.1) is 5.92 Å². The molecule has 0 fully saturated rings. The molecule has 98 valence electrons. The van der Waals surface area contributed by atoms with Gasteiger partial charge in [0.1, 0.15) is 0 Å². The van der Waals surface area contributed by atoms with Crippen molar-refractivity contribution in [3.63, 3.8) is 0 Å². The average molecular weight is 252 g/mol. The lowest BCUT2D eigenvalue weighted by atomic mass is 10.0. The molecule has 0 amide bonds. The third-order valence-corrected chi connectivity index (χ3v) is 2.44. The van der Waals surface area contributed by atoms with Gasteiger partial charge in [0.15, 0.2) is 0 Å². The average Bonchev–Trinajstić information content (AvgIpc) is 1.99. The first kappa shape index (κ1) is 15.5. The molecule has 0 N–H and O–H groups in total. The summed E-state index contributed by atoms with van der Waals surface area (Å²) in [5, 5.41) is 0. The lowest BCUT2D eigenvalue weighted by Gasteiger charge is -2.37. The molecular formula is C9H14F6O. The van der Waals surface area contributed by atoms with Crippen molar-refractivity contribution in [2.75, 3.05) is 0 Å². The molecule has 0 saturated heterocycles. The molecule has 16 heavy (non-hydrogen) atoms. The summed E-state index contributed by atoms with van der Waals surface area (Å²) < 4.78 is 78.5. The smallest absolute Gasteiger partial charge is 0.355 e. The van der Waals surface area contributed by atoms with E-state index in [9.17, 15) is 26.3 Å². The van der Waals surface area contributed by atoms with Crippen LogP contribution in [0.5, 0.6) is 0 Å². The zero-order valence-corrected chi connectivity index (χ0v) is 9.33. The van der Waals surface area contributed by atoms with E-state index >= 15 is 0 Å². The summed E-state index contributed by atoms with van der Waals surface area (Å²) in [6, 6.07) is 0. The molecule has 1 unspecified atom stereocenters. The van der Waals surface area contributed by atoms with Gasteiger partial charge in [0.2, 0.25) is 0 Å². The highest BCUT2D eigenvalue weighted by atomic mass is 19.4. The molecule has 0 aromatic carbocycles. The summed E-state index contributed by atoms with van der Waals surface area (Å²) in [6.45, 7) is 4.15. The molecule has 7 heteroatoms. The van der Waals surface area contributed by atoms with Crippen LogP contribution in [0.2, 0.25) is 0 Å². The van der Waals surface area contributed by atoms with E-state index in [1.165, 1.54) is 20.8 Å². The monoisotopic (exact) mass is 252 g/mol. The highest BCUT2D eigenvalue weighted by molar-refractivity contribution is 4.92. The standard InChI is InChI=1S/C9H14F6O/c1-5(2)6(3)16-7(4,8(10,11)12)9(13,14)15/h5-6H,1-4H3. The van der Waals surface area contributed by atoms with Gasteiger partial charge < -0.3 is 4.74 Å². The van der Waals surface area contributed by atoms with Crippen LogP contribution in [-0.4, -0.2) is 24.1 Å². The van der Waals surface area contributed by atoms with Crippen LogP contribution in [0.25, 0.3) is 0 Å². The summed E-state index contributed by atoms with van der Waals surface area (Å²) in [5.74, 6) is -0.441. The van der Waals surface area contributed by atoms with Crippen molar-refractivity contribution in [1.29, 1.82) is 0 Å². The number of ether oxygens (including phenoxy) is 1. The molecule has 0 bridgehead atoms. The number of hydrogen-bond donors (Lipinski definition) is 0. The fourth-order valence-electron chi connectivity index (χ4n) is 0.802. The van der Waals surface area contributed by atoms with Crippen LogP contribution in [0.4, 0.5) is 26.3 Å². The van der Waals surface area contributed by atoms with Crippen molar-refractivity contribution < 1.29 is 31.1 Å². The van der Waals surface area contributed by atoms with Gasteiger partial charge in [-0.3, -0.25) is 0 Å². The lowest BCUT2D eigenvalue weighted by Crippen LogP contribution is -2.58. The molecule has 0 radical (unpaired) electrons. The Morgan fingerprint density at radius 3 is 1.31 bits per heavy atom. The van der Waals surface area contributed by atoms with E-state index < -0.39 is 30.0 Å². The van der Waals surface area contributed by atoms with Gasteiger partial charge in [-0.15, -0.1) is 0 Å². The summed E-state index contributed by atoms with van der Waals surface area (Å²) in [7, 11) is 0. The third-order valence-electron chi connectivity index (χ3n) is 2.44. The quantitative estimate of drug-likeness (QED) is 0.691. The van der Waals surface area contributed by atoms with E-state index in [0.29, 0.717) is 0 Å². The highest BCUT2D eigenvalue weighted by Crippen LogP contribution is 2.46. The Balaban J connectivity index is 5.14. The minimum atomic E-state index is -5.49. The molecule has 0 rings (SSSR count). The van der Waals surface area contributed by atoms with Crippen molar-refractivity contribution in [3.05, 3.63) is 0 Å². The first-order chi connectivity index (χ1) is 6.83. The maximum Gasteiger partial charge on any atom is 0.426 e. The van der Waals surface area contributed by atoms with Crippen molar-refractivity contribution in [2.24, 2.45) is 5.92 Å². The van der Waals surface area contributed by atoms with Gasteiger partial charge in [-0.05, 0) is 19.8 Å². The normalized spacial score (nSPS) is 16.7. The Hall–Kier alpha value is -0.460. The number of halogens is 6. The van der Waals surface area contributed by atoms with Gasteiger partial charge >= 0.3 is 12.4 Å². The second-order valence-corrected chi connectivity index (χ2v) is 4.10. The van der Waals surface area contributed by atoms with E-state index in [1.54, 1.807) is 0 Å². The van der Waals surface area contributed by atoms with Crippen LogP contribution in [0.15, 0.2) is 0 Å². The summed E-state index contributed by atoms with van der Waals surface area (Å²) in [6.07, 6.45) is -12.1.